The minimum atomic E-state index is -3.85. The molecule has 0 heterocycles. The quantitative estimate of drug-likeness (QED) is 0.425. The van der Waals surface area contributed by atoms with Crippen LogP contribution in [0.25, 0.3) is 0 Å². The smallest absolute Gasteiger partial charge is 0.345 e. The Labute approximate surface area is 154 Å². The highest BCUT2D eigenvalue weighted by Crippen LogP contribution is 2.22. The first kappa shape index (κ1) is 20.0. The summed E-state index contributed by atoms with van der Waals surface area (Å²) in [4.78, 5) is 34.2. The molecular weight excluding hydrogens is 378 g/mol. The standard InChI is InChI=1S/C16H15N3O7S/c1-10-3-2-4-13(19(22)23)15(10)16(21)26-9-14(20)18-11-5-7-12(8-6-11)27(17,24)25/h2-8H,9H2,1H3,(H,18,20)(H2,17,24,25). The minimum absolute atomic E-state index is 0.126. The number of nitrogens with zero attached hydrogens (tertiary/aromatic N) is 1. The number of carbonyl (C=O) groups is 2. The fourth-order valence-corrected chi connectivity index (χ4v) is 2.71. The molecule has 0 aliphatic carbocycles. The van der Waals surface area contributed by atoms with E-state index in [1.54, 1.807) is 0 Å². The van der Waals surface area contributed by atoms with E-state index in [1.807, 2.05) is 0 Å². The number of carbonyl (C=O) groups excluding carboxylic acids is 2. The van der Waals surface area contributed by atoms with Crippen molar-refractivity contribution in [1.29, 1.82) is 0 Å². The van der Waals surface area contributed by atoms with Gasteiger partial charge in [-0.2, -0.15) is 0 Å². The molecule has 2 rings (SSSR count). The topological polar surface area (TPSA) is 159 Å². The third-order valence-electron chi connectivity index (χ3n) is 3.45. The first-order valence-corrected chi connectivity index (χ1v) is 8.98. The van der Waals surface area contributed by atoms with Gasteiger partial charge < -0.3 is 10.1 Å². The Morgan fingerprint density at radius 1 is 1.19 bits per heavy atom. The van der Waals surface area contributed by atoms with E-state index >= 15 is 0 Å². The van der Waals surface area contributed by atoms with Crippen LogP contribution in [0.15, 0.2) is 47.4 Å². The van der Waals surface area contributed by atoms with Crippen LogP contribution in [0.4, 0.5) is 11.4 Å². The molecule has 2 aromatic rings. The SMILES string of the molecule is Cc1cccc([N+](=O)[O-])c1C(=O)OCC(=O)Nc1ccc(S(N)(=O)=O)cc1. The van der Waals surface area contributed by atoms with E-state index in [1.165, 1.54) is 43.3 Å². The molecule has 10 nitrogen and oxygen atoms in total. The summed E-state index contributed by atoms with van der Waals surface area (Å²) < 4.78 is 27.2. The highest BCUT2D eigenvalue weighted by atomic mass is 32.2. The summed E-state index contributed by atoms with van der Waals surface area (Å²) in [6.45, 7) is 0.831. The van der Waals surface area contributed by atoms with Gasteiger partial charge >= 0.3 is 5.97 Å². The number of amides is 1. The number of primary sulfonamides is 1. The number of esters is 1. The Balaban J connectivity index is 2.02. The largest absolute Gasteiger partial charge is 0.452 e. The Morgan fingerprint density at radius 2 is 1.81 bits per heavy atom. The van der Waals surface area contributed by atoms with Crippen LogP contribution < -0.4 is 10.5 Å². The number of sulfonamides is 1. The maximum absolute atomic E-state index is 12.1. The third-order valence-corrected chi connectivity index (χ3v) is 4.38. The second kappa shape index (κ2) is 7.93. The highest BCUT2D eigenvalue weighted by molar-refractivity contribution is 7.89. The number of hydrogen-bond acceptors (Lipinski definition) is 7. The van der Waals surface area contributed by atoms with Gasteiger partial charge in [0.2, 0.25) is 10.0 Å². The molecule has 0 spiro atoms. The molecule has 0 radical (unpaired) electrons. The molecule has 0 saturated carbocycles. The fourth-order valence-electron chi connectivity index (χ4n) is 2.20. The van der Waals surface area contributed by atoms with E-state index in [2.05, 4.69) is 5.32 Å². The number of aryl methyl sites for hydroxylation is 1. The van der Waals surface area contributed by atoms with E-state index < -0.39 is 39.1 Å². The van der Waals surface area contributed by atoms with Crippen molar-refractivity contribution in [2.45, 2.75) is 11.8 Å². The lowest BCUT2D eigenvalue weighted by Gasteiger charge is -2.09. The Hall–Kier alpha value is -3.31. The van der Waals surface area contributed by atoms with Crippen molar-refractivity contribution in [2.24, 2.45) is 5.14 Å². The molecule has 2 aromatic carbocycles. The van der Waals surface area contributed by atoms with Gasteiger partial charge in [0.25, 0.3) is 11.6 Å². The average molecular weight is 393 g/mol. The summed E-state index contributed by atoms with van der Waals surface area (Å²) >= 11 is 0. The molecule has 3 N–H and O–H groups in total. The van der Waals surface area contributed by atoms with Crippen LogP contribution in [0.5, 0.6) is 0 Å². The number of nitrogens with two attached hydrogens (primary N) is 1. The minimum Gasteiger partial charge on any atom is -0.452 e. The van der Waals surface area contributed by atoms with E-state index in [9.17, 15) is 28.1 Å². The van der Waals surface area contributed by atoms with Gasteiger partial charge in [-0.05, 0) is 36.8 Å². The van der Waals surface area contributed by atoms with Crippen LogP contribution in [-0.2, 0) is 19.6 Å². The van der Waals surface area contributed by atoms with E-state index in [0.29, 0.717) is 5.56 Å². The zero-order valence-corrected chi connectivity index (χ0v) is 14.9. The van der Waals surface area contributed by atoms with Crippen molar-refractivity contribution in [2.75, 3.05) is 11.9 Å². The Bertz CT molecular complexity index is 1000. The normalized spacial score (nSPS) is 10.9. The molecule has 27 heavy (non-hydrogen) atoms. The van der Waals surface area contributed by atoms with E-state index in [-0.39, 0.29) is 16.1 Å². The summed E-state index contributed by atoms with van der Waals surface area (Å²) in [5.74, 6) is -1.71. The zero-order valence-electron chi connectivity index (χ0n) is 14.0. The lowest BCUT2D eigenvalue weighted by molar-refractivity contribution is -0.385. The van der Waals surface area contributed by atoms with Gasteiger partial charge in [0.05, 0.1) is 9.82 Å². The van der Waals surface area contributed by atoms with Gasteiger partial charge in [-0.3, -0.25) is 14.9 Å². The molecule has 0 aromatic heterocycles. The number of anilines is 1. The molecule has 0 unspecified atom stereocenters. The molecule has 0 fully saturated rings. The molecule has 0 aliphatic rings. The van der Waals surface area contributed by atoms with E-state index in [0.717, 1.165) is 6.07 Å². The van der Waals surface area contributed by atoms with Crippen LogP contribution >= 0.6 is 0 Å². The van der Waals surface area contributed by atoms with Gasteiger partial charge in [-0.15, -0.1) is 0 Å². The third kappa shape index (κ3) is 5.09. The molecule has 0 bridgehead atoms. The monoisotopic (exact) mass is 393 g/mol. The highest BCUT2D eigenvalue weighted by Gasteiger charge is 2.24. The number of hydrogen-bond donors (Lipinski definition) is 2. The van der Waals surface area contributed by atoms with Crippen LogP contribution in [0.2, 0.25) is 0 Å². The molecule has 1 amide bonds. The second-order valence-corrected chi connectivity index (χ2v) is 6.98. The molecule has 0 saturated heterocycles. The van der Waals surface area contributed by atoms with Gasteiger partial charge in [-0.1, -0.05) is 12.1 Å². The van der Waals surface area contributed by atoms with Crippen molar-refractivity contribution in [3.8, 4) is 0 Å². The van der Waals surface area contributed by atoms with Crippen LogP contribution in [-0.4, -0.2) is 31.8 Å². The van der Waals surface area contributed by atoms with Crippen LogP contribution in [0.3, 0.4) is 0 Å². The van der Waals surface area contributed by atoms with E-state index in [4.69, 9.17) is 9.88 Å². The van der Waals surface area contributed by atoms with Gasteiger partial charge in [-0.25, -0.2) is 18.4 Å². The number of ether oxygens (including phenoxy) is 1. The van der Waals surface area contributed by atoms with Crippen molar-refractivity contribution in [3.63, 3.8) is 0 Å². The number of nitro groups is 1. The number of nitro benzene ring substituents is 1. The number of nitrogens with one attached hydrogen (secondary N) is 1. The first-order chi connectivity index (χ1) is 12.6. The van der Waals surface area contributed by atoms with Gasteiger partial charge in [0, 0.05) is 11.8 Å². The maximum atomic E-state index is 12.1. The van der Waals surface area contributed by atoms with Gasteiger partial charge in [0.1, 0.15) is 5.56 Å². The summed E-state index contributed by atoms with van der Waals surface area (Å²) in [5.41, 5.74) is -0.0506. The van der Waals surface area contributed by atoms with Crippen LogP contribution in [0, 0.1) is 17.0 Å². The van der Waals surface area contributed by atoms with Crippen molar-refractivity contribution in [3.05, 3.63) is 63.7 Å². The van der Waals surface area contributed by atoms with Crippen molar-refractivity contribution < 1.29 is 27.7 Å². The van der Waals surface area contributed by atoms with Crippen molar-refractivity contribution >= 4 is 33.3 Å². The van der Waals surface area contributed by atoms with Gasteiger partial charge in [0.15, 0.2) is 6.61 Å². The zero-order chi connectivity index (χ0) is 20.2. The predicted octanol–water partition coefficient (Wildman–Crippen LogP) is 1.35. The molecule has 142 valence electrons. The molecule has 11 heteroatoms. The Morgan fingerprint density at radius 3 is 2.37 bits per heavy atom. The summed E-state index contributed by atoms with van der Waals surface area (Å²) in [6, 6.07) is 9.13. The number of benzene rings is 2. The van der Waals surface area contributed by atoms with Crippen LogP contribution in [0.1, 0.15) is 15.9 Å². The maximum Gasteiger partial charge on any atom is 0.345 e. The lowest BCUT2D eigenvalue weighted by atomic mass is 10.1. The first-order valence-electron chi connectivity index (χ1n) is 7.43. The number of rotatable bonds is 6. The second-order valence-electron chi connectivity index (χ2n) is 5.42. The molecule has 0 aliphatic heterocycles. The average Bonchev–Trinajstić information content (AvgIpc) is 2.59. The predicted molar refractivity (Wildman–Crippen MR) is 94.6 cm³/mol. The molecular formula is C16H15N3O7S. The molecule has 0 atom stereocenters. The fraction of sp³-hybridized carbons (Fsp3) is 0.125. The summed E-state index contributed by atoms with van der Waals surface area (Å²) in [5, 5.41) is 18.4. The Kier molecular flexibility index (Phi) is 5.88. The summed E-state index contributed by atoms with van der Waals surface area (Å²) in [6.07, 6.45) is 0. The lowest BCUT2D eigenvalue weighted by Crippen LogP contribution is -2.21. The van der Waals surface area contributed by atoms with Crippen molar-refractivity contribution in [1.82, 2.24) is 0 Å². The summed E-state index contributed by atoms with van der Waals surface area (Å²) in [7, 11) is -3.85.